The average molecular weight is 423 g/mol. The number of amides is 2. The Morgan fingerprint density at radius 1 is 1.10 bits per heavy atom. The van der Waals surface area contributed by atoms with Gasteiger partial charge >= 0.3 is 0 Å². The molecule has 0 radical (unpaired) electrons. The first-order chi connectivity index (χ1) is 14.6. The molecule has 0 aliphatic carbocycles. The molecule has 0 bridgehead atoms. The summed E-state index contributed by atoms with van der Waals surface area (Å²) in [5, 5.41) is 3.65. The van der Waals surface area contributed by atoms with E-state index < -0.39 is 0 Å². The quantitative estimate of drug-likeness (QED) is 0.586. The molecular weight excluding hydrogens is 396 g/mol. The molecule has 1 N–H and O–H groups in total. The summed E-state index contributed by atoms with van der Waals surface area (Å²) in [5.74, 6) is 0.258. The molecule has 0 saturated carbocycles. The minimum atomic E-state index is -0.0854. The highest BCUT2D eigenvalue weighted by atomic mass is 32.2. The first-order valence-electron chi connectivity index (χ1n) is 10.4. The van der Waals surface area contributed by atoms with Crippen LogP contribution in [0.15, 0.2) is 53.7 Å². The van der Waals surface area contributed by atoms with Gasteiger partial charge in [0.15, 0.2) is 5.16 Å². The Bertz CT molecular complexity index is 1060. The maximum atomic E-state index is 12.7. The summed E-state index contributed by atoms with van der Waals surface area (Å²) in [5.41, 5.74) is 3.74. The molecule has 2 heterocycles. The predicted molar refractivity (Wildman–Crippen MR) is 121 cm³/mol. The van der Waals surface area contributed by atoms with Crippen molar-refractivity contribution in [1.82, 2.24) is 14.5 Å². The summed E-state index contributed by atoms with van der Waals surface area (Å²) in [4.78, 5) is 31.8. The van der Waals surface area contributed by atoms with Crippen LogP contribution < -0.4 is 5.32 Å². The zero-order chi connectivity index (χ0) is 20.9. The molecule has 1 aliphatic heterocycles. The molecule has 1 saturated heterocycles. The number of likely N-dealkylation sites (tertiary alicyclic amines) is 1. The number of nitrogens with zero attached hydrogens (tertiary/aromatic N) is 3. The van der Waals surface area contributed by atoms with Crippen molar-refractivity contribution in [2.45, 2.75) is 37.9 Å². The van der Waals surface area contributed by atoms with Gasteiger partial charge in [0, 0.05) is 18.8 Å². The molecule has 156 valence electrons. The van der Waals surface area contributed by atoms with Crippen LogP contribution in [0.4, 0.5) is 5.69 Å². The fourth-order valence-electron chi connectivity index (χ4n) is 3.71. The second-order valence-electron chi connectivity index (χ2n) is 7.45. The summed E-state index contributed by atoms with van der Waals surface area (Å²) in [7, 11) is 0. The Morgan fingerprint density at radius 2 is 1.90 bits per heavy atom. The smallest absolute Gasteiger partial charge is 0.242 e. The highest BCUT2D eigenvalue weighted by Gasteiger charge is 2.21. The van der Waals surface area contributed by atoms with E-state index in [9.17, 15) is 9.59 Å². The van der Waals surface area contributed by atoms with Crippen molar-refractivity contribution in [1.29, 1.82) is 0 Å². The van der Waals surface area contributed by atoms with Crippen molar-refractivity contribution in [2.75, 3.05) is 24.2 Å². The van der Waals surface area contributed by atoms with Gasteiger partial charge in [-0.25, -0.2) is 4.98 Å². The van der Waals surface area contributed by atoms with E-state index in [0.29, 0.717) is 5.16 Å². The lowest BCUT2D eigenvalue weighted by molar-refractivity contribution is -0.130. The highest BCUT2D eigenvalue weighted by Crippen LogP contribution is 2.25. The zero-order valence-corrected chi connectivity index (χ0v) is 18.0. The van der Waals surface area contributed by atoms with Crippen molar-refractivity contribution in [3.8, 4) is 0 Å². The van der Waals surface area contributed by atoms with Crippen LogP contribution >= 0.6 is 11.8 Å². The Kier molecular flexibility index (Phi) is 6.38. The Balaban J connectivity index is 1.47. The number of rotatable bonds is 7. The van der Waals surface area contributed by atoms with Crippen molar-refractivity contribution in [3.05, 3.63) is 54.1 Å². The lowest BCUT2D eigenvalue weighted by atomic mass is 10.1. The highest BCUT2D eigenvalue weighted by molar-refractivity contribution is 7.99. The normalized spacial score (nSPS) is 13.7. The zero-order valence-electron chi connectivity index (χ0n) is 17.1. The van der Waals surface area contributed by atoms with E-state index >= 15 is 0 Å². The van der Waals surface area contributed by atoms with Gasteiger partial charge in [0.2, 0.25) is 11.8 Å². The first-order valence-corrected chi connectivity index (χ1v) is 11.4. The fourth-order valence-corrected chi connectivity index (χ4v) is 4.53. The largest absolute Gasteiger partial charge is 0.341 e. The van der Waals surface area contributed by atoms with E-state index in [0.717, 1.165) is 49.1 Å². The number of hydrogen-bond acceptors (Lipinski definition) is 4. The molecule has 2 aromatic carbocycles. The number of carbonyl (C=O) groups is 2. The molecule has 1 fully saturated rings. The average Bonchev–Trinajstić information content (AvgIpc) is 3.41. The summed E-state index contributed by atoms with van der Waals surface area (Å²) in [6.45, 7) is 3.99. The number of nitrogens with one attached hydrogen (secondary N) is 1. The van der Waals surface area contributed by atoms with Crippen molar-refractivity contribution in [3.63, 3.8) is 0 Å². The number of fused-ring (bicyclic) bond motifs is 1. The van der Waals surface area contributed by atoms with Crippen LogP contribution in [-0.2, 0) is 22.6 Å². The molecule has 4 rings (SSSR count). The van der Waals surface area contributed by atoms with E-state index in [-0.39, 0.29) is 24.1 Å². The third-order valence-electron chi connectivity index (χ3n) is 5.32. The minimum Gasteiger partial charge on any atom is -0.341 e. The van der Waals surface area contributed by atoms with Gasteiger partial charge in [-0.15, -0.1) is 0 Å². The molecule has 30 heavy (non-hydrogen) atoms. The number of imidazole rings is 1. The molecule has 0 spiro atoms. The van der Waals surface area contributed by atoms with Gasteiger partial charge in [-0.2, -0.15) is 0 Å². The van der Waals surface area contributed by atoms with Crippen LogP contribution in [0.5, 0.6) is 0 Å². The lowest BCUT2D eigenvalue weighted by Crippen LogP contribution is -2.31. The predicted octanol–water partition coefficient (Wildman–Crippen LogP) is 3.95. The minimum absolute atomic E-state index is 0.0854. The van der Waals surface area contributed by atoms with Gasteiger partial charge in [0.1, 0.15) is 6.54 Å². The molecule has 7 heteroatoms. The number of benzene rings is 2. The van der Waals surface area contributed by atoms with Crippen LogP contribution in [0.2, 0.25) is 0 Å². The molecule has 6 nitrogen and oxygen atoms in total. The van der Waals surface area contributed by atoms with Crippen molar-refractivity contribution >= 4 is 40.3 Å². The number of anilines is 1. The standard InChI is InChI=1S/C23H26N4O2S/c1-2-17-8-7-9-18(14-17)24-21(28)16-30-23-25-19-10-3-4-11-20(19)27(23)15-22(29)26-12-5-6-13-26/h3-4,7-11,14H,2,5-6,12-13,15-16H2,1H3,(H,24,28). The molecule has 0 atom stereocenters. The monoisotopic (exact) mass is 422 g/mol. The molecule has 2 amide bonds. The van der Waals surface area contributed by atoms with E-state index in [1.54, 1.807) is 0 Å². The summed E-state index contributed by atoms with van der Waals surface area (Å²) >= 11 is 1.36. The van der Waals surface area contributed by atoms with Gasteiger partial charge in [-0.1, -0.05) is 43.0 Å². The second kappa shape index (κ2) is 9.34. The number of aromatic nitrogens is 2. The Morgan fingerprint density at radius 3 is 2.70 bits per heavy atom. The maximum Gasteiger partial charge on any atom is 0.242 e. The van der Waals surface area contributed by atoms with Gasteiger partial charge in [-0.05, 0) is 49.1 Å². The lowest BCUT2D eigenvalue weighted by Gasteiger charge is -2.17. The van der Waals surface area contributed by atoms with Crippen LogP contribution in [0.1, 0.15) is 25.3 Å². The van der Waals surface area contributed by atoms with Crippen molar-refractivity contribution in [2.24, 2.45) is 0 Å². The molecule has 0 unspecified atom stereocenters. The number of carbonyl (C=O) groups excluding carboxylic acids is 2. The fraction of sp³-hybridized carbons (Fsp3) is 0.348. The first kappa shape index (κ1) is 20.5. The SMILES string of the molecule is CCc1cccc(NC(=O)CSc2nc3ccccc3n2CC(=O)N2CCCC2)c1. The van der Waals surface area contributed by atoms with Crippen LogP contribution in [0.3, 0.4) is 0 Å². The summed E-state index contributed by atoms with van der Waals surface area (Å²) in [6, 6.07) is 15.7. The van der Waals surface area contributed by atoms with Crippen LogP contribution in [0.25, 0.3) is 11.0 Å². The second-order valence-corrected chi connectivity index (χ2v) is 8.39. The van der Waals surface area contributed by atoms with Gasteiger partial charge in [-0.3, -0.25) is 9.59 Å². The van der Waals surface area contributed by atoms with Crippen LogP contribution in [0, 0.1) is 0 Å². The van der Waals surface area contributed by atoms with E-state index in [4.69, 9.17) is 0 Å². The number of aryl methyl sites for hydroxylation is 1. The summed E-state index contributed by atoms with van der Waals surface area (Å²) in [6.07, 6.45) is 3.06. The topological polar surface area (TPSA) is 67.2 Å². The maximum absolute atomic E-state index is 12.7. The van der Waals surface area contributed by atoms with Gasteiger partial charge in [0.25, 0.3) is 0 Å². The van der Waals surface area contributed by atoms with E-state index in [2.05, 4.69) is 17.2 Å². The summed E-state index contributed by atoms with van der Waals surface area (Å²) < 4.78 is 1.94. The third kappa shape index (κ3) is 4.67. The van der Waals surface area contributed by atoms with Gasteiger partial charge in [0.05, 0.1) is 16.8 Å². The number of thioether (sulfide) groups is 1. The van der Waals surface area contributed by atoms with Crippen molar-refractivity contribution < 1.29 is 9.59 Å². The number of hydrogen-bond donors (Lipinski definition) is 1. The van der Waals surface area contributed by atoms with E-state index in [1.165, 1.54) is 17.3 Å². The number of para-hydroxylation sites is 2. The molecule has 1 aromatic heterocycles. The molecular formula is C23H26N4O2S. The van der Waals surface area contributed by atoms with Gasteiger partial charge < -0.3 is 14.8 Å². The van der Waals surface area contributed by atoms with Crippen LogP contribution in [-0.4, -0.2) is 45.1 Å². The third-order valence-corrected chi connectivity index (χ3v) is 6.30. The van der Waals surface area contributed by atoms with E-state index in [1.807, 2.05) is 58.0 Å². The Labute approximate surface area is 180 Å². The Hall–Kier alpha value is -2.80. The molecule has 3 aromatic rings. The molecule has 1 aliphatic rings.